The number of para-hydroxylation sites is 2. The van der Waals surface area contributed by atoms with Gasteiger partial charge in [0.2, 0.25) is 5.91 Å². The van der Waals surface area contributed by atoms with Crippen LogP contribution in [0.25, 0.3) is 20.8 Å². The maximum atomic E-state index is 12.1. The third kappa shape index (κ3) is 4.37. The minimum absolute atomic E-state index is 0.0604. The zero-order valence-electron chi connectivity index (χ0n) is 14.4. The molecule has 0 atom stereocenters. The van der Waals surface area contributed by atoms with Crippen LogP contribution in [-0.4, -0.2) is 30.0 Å². The second kappa shape index (κ2) is 8.44. The molecule has 134 valence electrons. The number of hydrogen-bond donors (Lipinski definition) is 3. The fourth-order valence-electron chi connectivity index (χ4n) is 2.42. The first kappa shape index (κ1) is 17.9. The van der Waals surface area contributed by atoms with Crippen molar-refractivity contribution in [2.24, 2.45) is 0 Å². The molecule has 3 N–H and O–H groups in total. The summed E-state index contributed by atoms with van der Waals surface area (Å²) in [5.74, 6) is -0.207. The Morgan fingerprint density at radius 3 is 2.62 bits per heavy atom. The molecule has 3 amide bonds. The largest absolute Gasteiger partial charge is 0.355 e. The van der Waals surface area contributed by atoms with Crippen molar-refractivity contribution in [1.29, 1.82) is 0 Å². The minimum Gasteiger partial charge on any atom is -0.355 e. The van der Waals surface area contributed by atoms with Crippen molar-refractivity contribution in [3.8, 4) is 10.6 Å². The summed E-state index contributed by atoms with van der Waals surface area (Å²) in [7, 11) is 0. The predicted molar refractivity (Wildman–Crippen MR) is 105 cm³/mol. The molecule has 6 nitrogen and oxygen atoms in total. The number of aromatic nitrogens is 1. The van der Waals surface area contributed by atoms with E-state index in [0.717, 1.165) is 27.2 Å². The summed E-state index contributed by atoms with van der Waals surface area (Å²) in [6.45, 7) is 2.51. The number of anilines is 1. The Morgan fingerprint density at radius 1 is 1.04 bits per heavy atom. The van der Waals surface area contributed by atoms with E-state index in [2.05, 4.69) is 20.9 Å². The molecule has 1 aromatic heterocycles. The molecule has 0 aliphatic rings. The average Bonchev–Trinajstić information content (AvgIpc) is 3.09. The van der Waals surface area contributed by atoms with Crippen LogP contribution in [0.4, 0.5) is 10.5 Å². The number of rotatable bonds is 6. The zero-order valence-corrected chi connectivity index (χ0v) is 15.2. The molecule has 0 spiro atoms. The fraction of sp³-hybridized carbons (Fsp3) is 0.211. The standard InChI is InChI=1S/C19H20N4O2S/c1-2-11-20-17(24)12-21-19(25)23-14-8-4-3-7-13(14)18-22-15-9-5-6-10-16(15)26-18/h3-10H,2,11-12H2,1H3,(H,20,24)(H2,21,23,25). The van der Waals surface area contributed by atoms with Crippen molar-refractivity contribution in [1.82, 2.24) is 15.6 Å². The summed E-state index contributed by atoms with van der Waals surface area (Å²) in [5.41, 5.74) is 2.43. The van der Waals surface area contributed by atoms with E-state index in [1.54, 1.807) is 11.3 Å². The van der Waals surface area contributed by atoms with E-state index in [9.17, 15) is 9.59 Å². The lowest BCUT2D eigenvalue weighted by atomic mass is 10.2. The summed E-state index contributed by atoms with van der Waals surface area (Å²) in [5, 5.41) is 8.92. The van der Waals surface area contributed by atoms with E-state index in [0.29, 0.717) is 12.2 Å². The van der Waals surface area contributed by atoms with E-state index in [1.807, 2.05) is 55.5 Å². The number of carbonyl (C=O) groups excluding carboxylic acids is 2. The molecular weight excluding hydrogens is 348 g/mol. The number of amides is 3. The molecule has 0 fully saturated rings. The molecule has 3 aromatic rings. The predicted octanol–water partition coefficient (Wildman–Crippen LogP) is 3.61. The van der Waals surface area contributed by atoms with Crippen molar-refractivity contribution >= 4 is 39.2 Å². The SMILES string of the molecule is CCCNC(=O)CNC(=O)Nc1ccccc1-c1nc2ccccc2s1. The van der Waals surface area contributed by atoms with Gasteiger partial charge in [0.05, 0.1) is 22.4 Å². The number of urea groups is 1. The molecule has 3 rings (SSSR count). The lowest BCUT2D eigenvalue weighted by Gasteiger charge is -2.10. The second-order valence-electron chi connectivity index (χ2n) is 5.69. The van der Waals surface area contributed by atoms with Crippen LogP contribution in [0.15, 0.2) is 48.5 Å². The van der Waals surface area contributed by atoms with Gasteiger partial charge in [0.1, 0.15) is 5.01 Å². The van der Waals surface area contributed by atoms with Crippen LogP contribution >= 0.6 is 11.3 Å². The third-order valence-electron chi connectivity index (χ3n) is 3.68. The van der Waals surface area contributed by atoms with Gasteiger partial charge >= 0.3 is 6.03 Å². The van der Waals surface area contributed by atoms with Crippen molar-refractivity contribution in [2.45, 2.75) is 13.3 Å². The van der Waals surface area contributed by atoms with Gasteiger partial charge in [-0.15, -0.1) is 11.3 Å². The summed E-state index contributed by atoms with van der Waals surface area (Å²) in [6, 6.07) is 15.0. The molecule has 0 unspecified atom stereocenters. The van der Waals surface area contributed by atoms with Crippen LogP contribution in [0.3, 0.4) is 0 Å². The Hall–Kier alpha value is -2.93. The number of hydrogen-bond acceptors (Lipinski definition) is 4. The minimum atomic E-state index is -0.426. The van der Waals surface area contributed by atoms with Crippen LogP contribution in [0, 0.1) is 0 Å². The number of fused-ring (bicyclic) bond motifs is 1. The molecule has 26 heavy (non-hydrogen) atoms. The highest BCUT2D eigenvalue weighted by molar-refractivity contribution is 7.21. The first-order chi connectivity index (χ1) is 12.7. The van der Waals surface area contributed by atoms with Gasteiger partial charge in [-0.25, -0.2) is 9.78 Å². The van der Waals surface area contributed by atoms with Gasteiger partial charge in [-0.3, -0.25) is 4.79 Å². The molecule has 0 radical (unpaired) electrons. The molecule has 0 aliphatic carbocycles. The molecule has 0 aliphatic heterocycles. The number of nitrogens with zero attached hydrogens (tertiary/aromatic N) is 1. The first-order valence-corrected chi connectivity index (χ1v) is 9.25. The molecule has 1 heterocycles. The Bertz CT molecular complexity index is 890. The highest BCUT2D eigenvalue weighted by Gasteiger charge is 2.12. The van der Waals surface area contributed by atoms with Gasteiger partial charge in [-0.1, -0.05) is 31.2 Å². The number of carbonyl (C=O) groups is 2. The Balaban J connectivity index is 1.71. The molecule has 0 saturated heterocycles. The van der Waals surface area contributed by atoms with E-state index in [-0.39, 0.29) is 12.5 Å². The Morgan fingerprint density at radius 2 is 1.81 bits per heavy atom. The highest BCUT2D eigenvalue weighted by atomic mass is 32.1. The average molecular weight is 368 g/mol. The van der Waals surface area contributed by atoms with Crippen LogP contribution in [0.5, 0.6) is 0 Å². The maximum Gasteiger partial charge on any atom is 0.319 e. The van der Waals surface area contributed by atoms with Crippen LogP contribution in [0.2, 0.25) is 0 Å². The highest BCUT2D eigenvalue weighted by Crippen LogP contribution is 2.34. The summed E-state index contributed by atoms with van der Waals surface area (Å²) in [6.07, 6.45) is 0.855. The summed E-state index contributed by atoms with van der Waals surface area (Å²) in [4.78, 5) is 28.4. The maximum absolute atomic E-state index is 12.1. The normalized spacial score (nSPS) is 10.5. The van der Waals surface area contributed by atoms with Crippen LogP contribution in [-0.2, 0) is 4.79 Å². The monoisotopic (exact) mass is 368 g/mol. The van der Waals surface area contributed by atoms with Crippen molar-refractivity contribution in [2.75, 3.05) is 18.4 Å². The fourth-order valence-corrected chi connectivity index (χ4v) is 3.43. The Labute approximate surface area is 155 Å². The summed E-state index contributed by atoms with van der Waals surface area (Å²) >= 11 is 1.57. The molecular formula is C19H20N4O2S. The quantitative estimate of drug-likeness (QED) is 0.621. The van der Waals surface area contributed by atoms with Gasteiger partial charge in [-0.05, 0) is 30.7 Å². The molecule has 0 bridgehead atoms. The molecule has 2 aromatic carbocycles. The van der Waals surface area contributed by atoms with E-state index in [4.69, 9.17) is 0 Å². The Kier molecular flexibility index (Phi) is 5.80. The van der Waals surface area contributed by atoms with Crippen molar-refractivity contribution in [3.05, 3.63) is 48.5 Å². The van der Waals surface area contributed by atoms with E-state index < -0.39 is 6.03 Å². The van der Waals surface area contributed by atoms with E-state index in [1.165, 1.54) is 0 Å². The molecule has 0 saturated carbocycles. The van der Waals surface area contributed by atoms with Crippen molar-refractivity contribution in [3.63, 3.8) is 0 Å². The van der Waals surface area contributed by atoms with E-state index >= 15 is 0 Å². The number of thiazole rings is 1. The topological polar surface area (TPSA) is 83.1 Å². The van der Waals surface area contributed by atoms with Gasteiger partial charge in [0, 0.05) is 12.1 Å². The second-order valence-corrected chi connectivity index (χ2v) is 6.72. The first-order valence-electron chi connectivity index (χ1n) is 8.44. The lowest BCUT2D eigenvalue weighted by Crippen LogP contribution is -2.39. The third-order valence-corrected chi connectivity index (χ3v) is 4.75. The molecule has 7 heteroatoms. The van der Waals surface area contributed by atoms with Gasteiger partial charge < -0.3 is 16.0 Å². The lowest BCUT2D eigenvalue weighted by molar-refractivity contribution is -0.120. The van der Waals surface area contributed by atoms with Gasteiger partial charge in [-0.2, -0.15) is 0 Å². The smallest absolute Gasteiger partial charge is 0.319 e. The number of nitrogens with one attached hydrogen (secondary N) is 3. The van der Waals surface area contributed by atoms with Gasteiger partial charge in [0.25, 0.3) is 0 Å². The van der Waals surface area contributed by atoms with Crippen LogP contribution in [0.1, 0.15) is 13.3 Å². The zero-order chi connectivity index (χ0) is 18.4. The van der Waals surface area contributed by atoms with Crippen molar-refractivity contribution < 1.29 is 9.59 Å². The van der Waals surface area contributed by atoms with Crippen LogP contribution < -0.4 is 16.0 Å². The van der Waals surface area contributed by atoms with Gasteiger partial charge in [0.15, 0.2) is 0 Å². The summed E-state index contributed by atoms with van der Waals surface area (Å²) < 4.78 is 1.09. The number of benzene rings is 2.